The molecule has 0 fully saturated rings. The molecule has 0 aliphatic rings. The van der Waals surface area contributed by atoms with Gasteiger partial charge in [0.25, 0.3) is 15.9 Å². The third-order valence-corrected chi connectivity index (χ3v) is 6.00. The molecule has 4 aromatic rings. The predicted octanol–water partition coefficient (Wildman–Crippen LogP) is 3.31. The van der Waals surface area contributed by atoms with Crippen LogP contribution in [0.4, 0.5) is 0 Å². The fourth-order valence-electron chi connectivity index (χ4n) is 2.97. The van der Waals surface area contributed by atoms with Gasteiger partial charge in [0.1, 0.15) is 0 Å². The maximum absolute atomic E-state index is 12.7. The number of hydrogen-bond acceptors (Lipinski definition) is 4. The van der Waals surface area contributed by atoms with Gasteiger partial charge < -0.3 is 4.40 Å². The largest absolute Gasteiger partial charge is 0.322 e. The molecule has 0 spiro atoms. The Kier molecular flexibility index (Phi) is 4.46. The molecule has 2 N–H and O–H groups in total. The maximum atomic E-state index is 12.7. The molecular weight excluding hydrogens is 374 g/mol. The number of benzene rings is 2. The summed E-state index contributed by atoms with van der Waals surface area (Å²) >= 11 is 0. The van der Waals surface area contributed by atoms with Crippen molar-refractivity contribution in [3.63, 3.8) is 0 Å². The third-order valence-electron chi connectivity index (χ3n) is 4.45. The third kappa shape index (κ3) is 3.17. The molecule has 6 nitrogen and oxygen atoms in total. The minimum absolute atomic E-state index is 0.0424. The Hall–Kier alpha value is -3.42. The number of pyridine rings is 1. The van der Waals surface area contributed by atoms with Crippen molar-refractivity contribution >= 4 is 21.4 Å². The zero-order valence-corrected chi connectivity index (χ0v) is 15.6. The zero-order chi connectivity index (χ0) is 19.7. The fraction of sp³-hybridized carbons (Fsp3) is 0. The molecule has 1 amide bonds. The molecule has 0 aliphatic carbocycles. The number of hydrogen-bond donors (Lipinski definition) is 1. The van der Waals surface area contributed by atoms with E-state index in [-0.39, 0.29) is 14.9 Å². The molecule has 0 radical (unpaired) electrons. The van der Waals surface area contributed by atoms with Gasteiger partial charge >= 0.3 is 0 Å². The normalized spacial score (nSPS) is 11.5. The van der Waals surface area contributed by atoms with Gasteiger partial charge in [0.05, 0.1) is 10.5 Å². The van der Waals surface area contributed by atoms with Crippen LogP contribution in [0.3, 0.4) is 0 Å². The first-order valence-electron chi connectivity index (χ1n) is 8.53. The van der Waals surface area contributed by atoms with Gasteiger partial charge in [-0.1, -0.05) is 48.5 Å². The summed E-state index contributed by atoms with van der Waals surface area (Å²) in [7, 11) is -4.13. The van der Waals surface area contributed by atoms with Crippen LogP contribution in [0.15, 0.2) is 96.2 Å². The van der Waals surface area contributed by atoms with Crippen molar-refractivity contribution in [1.29, 1.82) is 0 Å². The standard InChI is InChI=1S/C21H17N3O3S/c22-24(28(26,27)20-9-5-2-6-10-20)21(25)17-11-12-19-13-18(15-23(19)14-17)16-7-3-1-4-8-16/h1-15H,22H2. The SMILES string of the molecule is NN(C(=O)c1ccc2cc(-c3ccccc3)cn2c1)S(=O)(=O)c1ccccc1. The van der Waals surface area contributed by atoms with Crippen LogP contribution in [0.5, 0.6) is 0 Å². The molecular formula is C21H17N3O3S. The van der Waals surface area contributed by atoms with Crippen molar-refractivity contribution in [2.24, 2.45) is 5.84 Å². The van der Waals surface area contributed by atoms with Crippen LogP contribution in [-0.4, -0.2) is 23.1 Å². The predicted molar refractivity (Wildman–Crippen MR) is 107 cm³/mol. The minimum atomic E-state index is -4.13. The van der Waals surface area contributed by atoms with Crippen LogP contribution >= 0.6 is 0 Å². The second-order valence-corrected chi connectivity index (χ2v) is 8.08. The molecule has 140 valence electrons. The van der Waals surface area contributed by atoms with Crippen molar-refractivity contribution in [3.8, 4) is 11.1 Å². The number of nitrogens with zero attached hydrogens (tertiary/aromatic N) is 2. The second kappa shape index (κ2) is 6.95. The van der Waals surface area contributed by atoms with E-state index in [1.54, 1.807) is 40.9 Å². The average molecular weight is 391 g/mol. The van der Waals surface area contributed by atoms with Gasteiger partial charge in [-0.05, 0) is 35.9 Å². The quantitative estimate of drug-likeness (QED) is 0.329. The van der Waals surface area contributed by atoms with Gasteiger partial charge in [-0.2, -0.15) is 12.8 Å². The summed E-state index contributed by atoms with van der Waals surface area (Å²) in [5, 5.41) is 0. The lowest BCUT2D eigenvalue weighted by Crippen LogP contribution is -2.42. The number of nitrogens with two attached hydrogens (primary N) is 1. The maximum Gasteiger partial charge on any atom is 0.283 e. The molecule has 7 heteroatoms. The monoisotopic (exact) mass is 391 g/mol. The molecule has 0 saturated heterocycles. The number of amides is 1. The first-order chi connectivity index (χ1) is 13.5. The first-order valence-corrected chi connectivity index (χ1v) is 9.97. The second-order valence-electron chi connectivity index (χ2n) is 6.26. The molecule has 0 saturated carbocycles. The summed E-state index contributed by atoms with van der Waals surface area (Å²) in [6.45, 7) is 0. The number of carbonyl (C=O) groups excluding carboxylic acids is 1. The Bertz CT molecular complexity index is 1250. The number of aromatic nitrogens is 1. The lowest BCUT2D eigenvalue weighted by Gasteiger charge is -2.17. The fourth-order valence-corrected chi connectivity index (χ4v) is 4.02. The molecule has 0 aliphatic heterocycles. The highest BCUT2D eigenvalue weighted by atomic mass is 32.2. The van der Waals surface area contributed by atoms with Crippen LogP contribution in [0, 0.1) is 0 Å². The highest BCUT2D eigenvalue weighted by Crippen LogP contribution is 2.23. The lowest BCUT2D eigenvalue weighted by atomic mass is 10.1. The minimum Gasteiger partial charge on any atom is -0.322 e. The summed E-state index contributed by atoms with van der Waals surface area (Å²) in [6.07, 6.45) is 3.46. The molecule has 0 atom stereocenters. The molecule has 2 heterocycles. The van der Waals surface area contributed by atoms with Crippen LogP contribution in [0.25, 0.3) is 16.6 Å². The molecule has 4 rings (SSSR count). The molecule has 2 aromatic heterocycles. The van der Waals surface area contributed by atoms with Crippen LogP contribution in [-0.2, 0) is 10.0 Å². The molecule has 0 bridgehead atoms. The first kappa shape index (κ1) is 18.0. The average Bonchev–Trinajstić information content (AvgIpc) is 3.17. The van der Waals surface area contributed by atoms with E-state index in [1.165, 1.54) is 12.1 Å². The van der Waals surface area contributed by atoms with Gasteiger partial charge in [0, 0.05) is 23.5 Å². The van der Waals surface area contributed by atoms with E-state index in [2.05, 4.69) is 0 Å². The Morgan fingerprint density at radius 1 is 0.821 bits per heavy atom. The highest BCUT2D eigenvalue weighted by Gasteiger charge is 2.27. The Morgan fingerprint density at radius 2 is 1.46 bits per heavy atom. The van der Waals surface area contributed by atoms with E-state index in [0.29, 0.717) is 0 Å². The van der Waals surface area contributed by atoms with E-state index >= 15 is 0 Å². The number of fused-ring (bicyclic) bond motifs is 1. The van der Waals surface area contributed by atoms with E-state index in [1.807, 2.05) is 42.6 Å². The molecule has 2 aromatic carbocycles. The van der Waals surface area contributed by atoms with Crippen molar-refractivity contribution < 1.29 is 13.2 Å². The van der Waals surface area contributed by atoms with Gasteiger partial charge in [0.15, 0.2) is 0 Å². The topological polar surface area (TPSA) is 84.9 Å². The smallest absolute Gasteiger partial charge is 0.283 e. The van der Waals surface area contributed by atoms with Crippen LogP contribution < -0.4 is 5.84 Å². The van der Waals surface area contributed by atoms with Crippen molar-refractivity contribution in [1.82, 2.24) is 8.81 Å². The Balaban J connectivity index is 1.68. The van der Waals surface area contributed by atoms with E-state index in [4.69, 9.17) is 5.84 Å². The Labute approximate surface area is 162 Å². The summed E-state index contributed by atoms with van der Waals surface area (Å²) in [4.78, 5) is 12.7. The van der Waals surface area contributed by atoms with Gasteiger partial charge in [-0.3, -0.25) is 4.79 Å². The van der Waals surface area contributed by atoms with Crippen molar-refractivity contribution in [2.45, 2.75) is 4.90 Å². The highest BCUT2D eigenvalue weighted by molar-refractivity contribution is 7.89. The summed E-state index contributed by atoms with van der Waals surface area (Å²) < 4.78 is 27.2. The van der Waals surface area contributed by atoms with Gasteiger partial charge in [0.2, 0.25) is 0 Å². The van der Waals surface area contributed by atoms with E-state index in [9.17, 15) is 13.2 Å². The van der Waals surface area contributed by atoms with Gasteiger partial charge in [-0.15, -0.1) is 0 Å². The zero-order valence-electron chi connectivity index (χ0n) is 14.8. The summed E-state index contributed by atoms with van der Waals surface area (Å²) in [5.41, 5.74) is 3.09. The van der Waals surface area contributed by atoms with E-state index < -0.39 is 15.9 Å². The molecule has 28 heavy (non-hydrogen) atoms. The van der Waals surface area contributed by atoms with Crippen molar-refractivity contribution in [3.05, 3.63) is 96.8 Å². The number of rotatable bonds is 4. The molecule has 0 unspecified atom stereocenters. The summed E-state index contributed by atoms with van der Waals surface area (Å²) in [6, 6.07) is 22.8. The number of sulfonamides is 1. The van der Waals surface area contributed by atoms with E-state index in [0.717, 1.165) is 16.6 Å². The summed E-state index contributed by atoms with van der Waals surface area (Å²) in [5.74, 6) is 4.88. The van der Waals surface area contributed by atoms with Crippen LogP contribution in [0.1, 0.15) is 10.4 Å². The number of carbonyl (C=O) groups is 1. The van der Waals surface area contributed by atoms with Crippen molar-refractivity contribution in [2.75, 3.05) is 0 Å². The van der Waals surface area contributed by atoms with Crippen LogP contribution in [0.2, 0.25) is 0 Å². The Morgan fingerprint density at radius 3 is 2.14 bits per heavy atom. The lowest BCUT2D eigenvalue weighted by molar-refractivity contribution is 0.0861. The van der Waals surface area contributed by atoms with Gasteiger partial charge in [-0.25, -0.2) is 5.84 Å². The number of hydrazine groups is 1.